The van der Waals surface area contributed by atoms with Gasteiger partial charge in [0.25, 0.3) is 5.91 Å². The zero-order chi connectivity index (χ0) is 33.8. The lowest BCUT2D eigenvalue weighted by Crippen LogP contribution is -2.65. The number of piperidine rings is 1. The summed E-state index contributed by atoms with van der Waals surface area (Å²) in [7, 11) is -3.35. The molecule has 0 radical (unpaired) electrons. The molecule has 0 aromatic carbocycles. The number of nitrogens with one attached hydrogen (secondary N) is 3. The zero-order valence-electron chi connectivity index (χ0n) is 28.0. The molecule has 13 heteroatoms. The van der Waals surface area contributed by atoms with Gasteiger partial charge in [-0.2, -0.15) is 0 Å². The minimum Gasteiger partial charge on any atom is -0.363 e. The lowest BCUT2D eigenvalue weighted by Gasteiger charge is -2.43. The van der Waals surface area contributed by atoms with Crippen LogP contribution in [-0.2, 0) is 29.0 Å². The number of ketones is 1. The molecule has 5 aliphatic rings. The Kier molecular flexibility index (Phi) is 9.33. The zero-order valence-corrected chi connectivity index (χ0v) is 28.8. The molecule has 46 heavy (non-hydrogen) atoms. The second-order valence-electron chi connectivity index (χ2n) is 16.3. The summed E-state index contributed by atoms with van der Waals surface area (Å²) in [6.07, 6.45) is 8.02. The molecule has 0 aromatic heterocycles. The number of rotatable bonds is 10. The fourth-order valence-electron chi connectivity index (χ4n) is 8.87. The third-order valence-electron chi connectivity index (χ3n) is 11.9. The van der Waals surface area contributed by atoms with Gasteiger partial charge >= 0.3 is 6.03 Å². The fourth-order valence-corrected chi connectivity index (χ4v) is 11.2. The number of nitrogens with two attached hydrogens (primary N) is 1. The molecule has 12 nitrogen and oxygen atoms in total. The molecule has 2 unspecified atom stereocenters. The SMILES string of the molecule is CC(C)(C)[C@H](NC(=O)NC1(C2CCCS2(=O)=O)CCCCC1)C(=O)N1C[C@H]2[C@@H]([C@H]1C(=O)NC(CC1CCC1)C(=O)C(N)=O)C2(C)C. The number of likely N-dealkylation sites (tertiary alicyclic amines) is 1. The van der Waals surface area contributed by atoms with Crippen LogP contribution in [0.5, 0.6) is 0 Å². The number of Topliss-reactive ketones (excluding diaryl/α,β-unsaturated/α-hetero) is 1. The highest BCUT2D eigenvalue weighted by molar-refractivity contribution is 7.92. The van der Waals surface area contributed by atoms with E-state index in [0.29, 0.717) is 38.6 Å². The largest absolute Gasteiger partial charge is 0.363 e. The highest BCUT2D eigenvalue weighted by Crippen LogP contribution is 2.65. The number of amides is 5. The van der Waals surface area contributed by atoms with E-state index in [2.05, 4.69) is 29.8 Å². The quantitative estimate of drug-likeness (QED) is 0.258. The Bertz CT molecular complexity index is 1360. The van der Waals surface area contributed by atoms with Gasteiger partial charge in [0.1, 0.15) is 12.1 Å². The van der Waals surface area contributed by atoms with Crippen LogP contribution in [0.25, 0.3) is 0 Å². The molecule has 3 aliphatic carbocycles. The van der Waals surface area contributed by atoms with Crippen LogP contribution in [-0.4, -0.2) is 84.1 Å². The van der Waals surface area contributed by atoms with Gasteiger partial charge < -0.3 is 26.6 Å². The van der Waals surface area contributed by atoms with E-state index < -0.39 is 73.7 Å². The monoisotopic (exact) mass is 663 g/mol. The molecular weight excluding hydrogens is 610 g/mol. The molecule has 0 aromatic rings. The molecule has 5 amide bonds. The van der Waals surface area contributed by atoms with Crippen molar-refractivity contribution in [3.8, 4) is 0 Å². The number of nitrogens with zero attached hydrogens (tertiary/aromatic N) is 1. The van der Waals surface area contributed by atoms with Crippen LogP contribution in [0.2, 0.25) is 0 Å². The smallest absolute Gasteiger partial charge is 0.315 e. The maximum atomic E-state index is 14.4. The lowest BCUT2D eigenvalue weighted by molar-refractivity contribution is -0.145. The summed E-state index contributed by atoms with van der Waals surface area (Å²) in [6, 6.07) is -3.52. The van der Waals surface area contributed by atoms with E-state index in [0.717, 1.165) is 38.5 Å². The Morgan fingerprint density at radius 1 is 0.935 bits per heavy atom. The summed E-state index contributed by atoms with van der Waals surface area (Å²) in [6.45, 7) is 9.94. The van der Waals surface area contributed by atoms with Crippen LogP contribution in [0.15, 0.2) is 0 Å². The Labute approximate surface area is 273 Å². The van der Waals surface area contributed by atoms with Crippen molar-refractivity contribution in [3.63, 3.8) is 0 Å². The average molecular weight is 664 g/mol. The number of hydrogen-bond donors (Lipinski definition) is 4. The van der Waals surface area contributed by atoms with Gasteiger partial charge in [-0.05, 0) is 60.7 Å². The van der Waals surface area contributed by atoms with Crippen LogP contribution in [0.1, 0.15) is 105 Å². The maximum Gasteiger partial charge on any atom is 0.315 e. The van der Waals surface area contributed by atoms with Gasteiger partial charge in [-0.3, -0.25) is 19.2 Å². The molecule has 3 saturated carbocycles. The van der Waals surface area contributed by atoms with Crippen molar-refractivity contribution in [2.45, 2.75) is 134 Å². The van der Waals surface area contributed by atoms with Crippen molar-refractivity contribution < 1.29 is 32.4 Å². The number of sulfone groups is 1. The van der Waals surface area contributed by atoms with E-state index in [-0.39, 0.29) is 28.9 Å². The molecule has 0 bridgehead atoms. The molecule has 2 heterocycles. The van der Waals surface area contributed by atoms with Gasteiger partial charge in [-0.1, -0.05) is 73.1 Å². The fraction of sp³-hybridized carbons (Fsp3) is 0.848. The van der Waals surface area contributed by atoms with E-state index in [9.17, 15) is 32.4 Å². The maximum absolute atomic E-state index is 14.4. The molecule has 258 valence electrons. The molecule has 5 fully saturated rings. The molecular formula is C33H53N5O7S. The molecule has 6 atom stereocenters. The van der Waals surface area contributed by atoms with Crippen molar-refractivity contribution in [3.05, 3.63) is 0 Å². The number of carbonyl (C=O) groups is 5. The van der Waals surface area contributed by atoms with E-state index in [1.165, 1.54) is 4.90 Å². The first-order chi connectivity index (χ1) is 21.4. The summed E-state index contributed by atoms with van der Waals surface area (Å²) in [5.41, 5.74) is 3.51. The van der Waals surface area contributed by atoms with Crippen LogP contribution in [0.4, 0.5) is 4.79 Å². The molecule has 2 aliphatic heterocycles. The van der Waals surface area contributed by atoms with Crippen molar-refractivity contribution in [1.82, 2.24) is 20.9 Å². The minimum absolute atomic E-state index is 0.0663. The molecule has 5 rings (SSSR count). The third-order valence-corrected chi connectivity index (χ3v) is 14.3. The molecule has 5 N–H and O–H groups in total. The second kappa shape index (κ2) is 12.4. The second-order valence-corrected chi connectivity index (χ2v) is 18.6. The van der Waals surface area contributed by atoms with Crippen molar-refractivity contribution in [2.24, 2.45) is 34.3 Å². The van der Waals surface area contributed by atoms with Gasteiger partial charge in [0.05, 0.1) is 22.6 Å². The van der Waals surface area contributed by atoms with E-state index in [1.807, 2.05) is 20.8 Å². The summed E-state index contributed by atoms with van der Waals surface area (Å²) >= 11 is 0. The van der Waals surface area contributed by atoms with Crippen LogP contribution < -0.4 is 21.7 Å². The van der Waals surface area contributed by atoms with Crippen LogP contribution >= 0.6 is 0 Å². The standard InChI is InChI=1S/C33H53N5O7S/c1-31(2,3)26(36-30(43)37-33(14-7-6-8-15-33)22-13-10-16-46(22,44)45)29(42)38-18-20-23(32(20,4)5)24(38)28(41)35-21(25(39)27(34)40)17-19-11-9-12-19/h19-24,26H,6-18H2,1-5H3,(H2,34,40)(H,35,41)(H2,36,37,43)/t20-,21?,22?,23-,24-,26+/m0/s1. The number of urea groups is 1. The van der Waals surface area contributed by atoms with Crippen molar-refractivity contribution in [1.29, 1.82) is 0 Å². The highest BCUT2D eigenvalue weighted by atomic mass is 32.2. The van der Waals surface area contributed by atoms with Gasteiger partial charge in [-0.15, -0.1) is 0 Å². The third kappa shape index (κ3) is 6.54. The lowest BCUT2D eigenvalue weighted by atomic mass is 9.78. The van der Waals surface area contributed by atoms with Crippen molar-refractivity contribution in [2.75, 3.05) is 12.3 Å². The number of hydrogen-bond acceptors (Lipinski definition) is 7. The van der Waals surface area contributed by atoms with Gasteiger partial charge in [0, 0.05) is 6.54 Å². The Morgan fingerprint density at radius 3 is 2.11 bits per heavy atom. The van der Waals surface area contributed by atoms with E-state index >= 15 is 0 Å². The number of primary amides is 1. The summed E-state index contributed by atoms with van der Waals surface area (Å²) in [5, 5.41) is 8.11. The predicted octanol–water partition coefficient (Wildman–Crippen LogP) is 2.19. The van der Waals surface area contributed by atoms with Gasteiger partial charge in [0.2, 0.25) is 17.6 Å². The Balaban J connectivity index is 1.35. The molecule has 0 spiro atoms. The van der Waals surface area contributed by atoms with Gasteiger partial charge in [-0.25, -0.2) is 13.2 Å². The summed E-state index contributed by atoms with van der Waals surface area (Å²) in [5.74, 6) is -2.57. The summed E-state index contributed by atoms with van der Waals surface area (Å²) < 4.78 is 26.0. The number of carbonyl (C=O) groups excluding carboxylic acids is 5. The van der Waals surface area contributed by atoms with Crippen LogP contribution in [0, 0.1) is 28.6 Å². The first-order valence-electron chi connectivity index (χ1n) is 17.1. The van der Waals surface area contributed by atoms with Crippen LogP contribution in [0.3, 0.4) is 0 Å². The first-order valence-corrected chi connectivity index (χ1v) is 18.9. The van der Waals surface area contributed by atoms with Crippen molar-refractivity contribution >= 4 is 39.4 Å². The Morgan fingerprint density at radius 2 is 1.59 bits per heavy atom. The topological polar surface area (TPSA) is 185 Å². The molecule has 2 saturated heterocycles. The van der Waals surface area contributed by atoms with E-state index in [1.54, 1.807) is 0 Å². The Hall–Kier alpha value is -2.70. The summed E-state index contributed by atoms with van der Waals surface area (Å²) in [4.78, 5) is 68.2. The predicted molar refractivity (Wildman–Crippen MR) is 172 cm³/mol. The van der Waals surface area contributed by atoms with Gasteiger partial charge in [0.15, 0.2) is 9.84 Å². The average Bonchev–Trinajstić information content (AvgIpc) is 3.27. The van der Waals surface area contributed by atoms with E-state index in [4.69, 9.17) is 5.73 Å². The highest BCUT2D eigenvalue weighted by Gasteiger charge is 2.70. The normalized spacial score (nSPS) is 30.7. The minimum atomic E-state index is -3.35. The number of fused-ring (bicyclic) bond motifs is 1. The first kappa shape index (κ1) is 34.6.